The van der Waals surface area contributed by atoms with E-state index >= 15 is 0 Å². The number of hydrogen-bond donors (Lipinski definition) is 1. The van der Waals surface area contributed by atoms with Gasteiger partial charge in [-0.25, -0.2) is 4.98 Å². The van der Waals surface area contributed by atoms with Gasteiger partial charge in [0.05, 0.1) is 28.4 Å². The van der Waals surface area contributed by atoms with E-state index in [1.165, 1.54) is 11.8 Å². The largest absolute Gasteiger partial charge is 0.481 e. The minimum Gasteiger partial charge on any atom is -0.481 e. The summed E-state index contributed by atoms with van der Waals surface area (Å²) >= 11 is 7.48. The van der Waals surface area contributed by atoms with Gasteiger partial charge in [-0.3, -0.25) is 4.79 Å². The number of carboxylic acid groups (broad SMARTS) is 1. The van der Waals surface area contributed by atoms with E-state index in [0.29, 0.717) is 23.3 Å². The molecule has 1 aromatic heterocycles. The summed E-state index contributed by atoms with van der Waals surface area (Å²) in [6, 6.07) is 5.53. The van der Waals surface area contributed by atoms with Crippen LogP contribution in [-0.2, 0) is 16.1 Å². The van der Waals surface area contributed by atoms with Crippen LogP contribution in [0.3, 0.4) is 0 Å². The van der Waals surface area contributed by atoms with E-state index in [1.54, 1.807) is 7.11 Å². The molecule has 0 saturated carbocycles. The van der Waals surface area contributed by atoms with Crippen molar-refractivity contribution >= 4 is 40.4 Å². The number of hydrogen-bond acceptors (Lipinski definition) is 4. The molecule has 0 amide bonds. The van der Waals surface area contributed by atoms with Gasteiger partial charge in [-0.15, -0.1) is 0 Å². The molecule has 2 rings (SSSR count). The van der Waals surface area contributed by atoms with Crippen molar-refractivity contribution in [2.45, 2.75) is 18.6 Å². The first-order valence-electron chi connectivity index (χ1n) is 6.51. The lowest BCUT2D eigenvalue weighted by molar-refractivity contribution is -0.133. The van der Waals surface area contributed by atoms with Crippen molar-refractivity contribution in [2.24, 2.45) is 5.92 Å². The van der Waals surface area contributed by atoms with Gasteiger partial charge in [-0.1, -0.05) is 36.4 Å². The van der Waals surface area contributed by atoms with E-state index in [1.807, 2.05) is 22.8 Å². The zero-order chi connectivity index (χ0) is 15.4. The van der Waals surface area contributed by atoms with Gasteiger partial charge in [-0.05, 0) is 18.1 Å². The second kappa shape index (κ2) is 7.15. The maximum absolute atomic E-state index is 10.8. The molecular weight excluding hydrogens is 312 g/mol. The Hall–Kier alpha value is -1.24. The van der Waals surface area contributed by atoms with Gasteiger partial charge in [0.25, 0.3) is 0 Å². The molecule has 5 nitrogen and oxygen atoms in total. The molecule has 0 saturated heterocycles. The zero-order valence-electron chi connectivity index (χ0n) is 11.9. The van der Waals surface area contributed by atoms with Gasteiger partial charge in [-0.2, -0.15) is 0 Å². The van der Waals surface area contributed by atoms with Crippen LogP contribution < -0.4 is 0 Å². The number of methoxy groups -OCH3 is 1. The smallest absolute Gasteiger partial charge is 0.313 e. The predicted molar refractivity (Wildman–Crippen MR) is 84.1 cm³/mol. The lowest BCUT2D eigenvalue weighted by Gasteiger charge is -2.14. The van der Waals surface area contributed by atoms with Crippen molar-refractivity contribution in [1.82, 2.24) is 9.55 Å². The highest BCUT2D eigenvalue weighted by atomic mass is 35.5. The Kier molecular flexibility index (Phi) is 5.50. The van der Waals surface area contributed by atoms with Gasteiger partial charge < -0.3 is 14.4 Å². The van der Waals surface area contributed by atoms with Crippen molar-refractivity contribution in [2.75, 3.05) is 19.5 Å². The van der Waals surface area contributed by atoms with Crippen LogP contribution in [-0.4, -0.2) is 40.1 Å². The number of nitrogens with zero attached hydrogens (tertiary/aromatic N) is 2. The van der Waals surface area contributed by atoms with E-state index in [-0.39, 0.29) is 11.7 Å². The Balaban J connectivity index is 2.40. The van der Waals surface area contributed by atoms with Gasteiger partial charge in [0, 0.05) is 13.7 Å². The van der Waals surface area contributed by atoms with Crippen LogP contribution in [0.4, 0.5) is 0 Å². The molecule has 0 spiro atoms. The number of carbonyl (C=O) groups is 1. The Morgan fingerprint density at radius 2 is 2.33 bits per heavy atom. The van der Waals surface area contributed by atoms with E-state index < -0.39 is 5.97 Å². The molecule has 0 aliphatic rings. The average molecular weight is 329 g/mol. The summed E-state index contributed by atoms with van der Waals surface area (Å²) in [5.41, 5.74) is 1.62. The van der Waals surface area contributed by atoms with Gasteiger partial charge in [0.1, 0.15) is 0 Å². The van der Waals surface area contributed by atoms with Gasteiger partial charge in [0.2, 0.25) is 0 Å². The van der Waals surface area contributed by atoms with Crippen LogP contribution in [0.1, 0.15) is 6.92 Å². The van der Waals surface area contributed by atoms with Crippen LogP contribution in [0, 0.1) is 5.92 Å². The molecule has 1 heterocycles. The number of imidazole rings is 1. The Bertz CT molecular complexity index is 644. The zero-order valence-corrected chi connectivity index (χ0v) is 13.4. The maximum atomic E-state index is 10.8. The van der Waals surface area contributed by atoms with Crippen LogP contribution in [0.15, 0.2) is 23.4 Å². The predicted octanol–water partition coefficient (Wildman–Crippen LogP) is 3.15. The molecule has 0 radical (unpaired) electrons. The van der Waals surface area contributed by atoms with E-state index in [4.69, 9.17) is 21.4 Å². The minimum absolute atomic E-state index is 0.0282. The Labute approximate surface area is 132 Å². The lowest BCUT2D eigenvalue weighted by Crippen LogP contribution is -2.14. The highest BCUT2D eigenvalue weighted by molar-refractivity contribution is 7.99. The third-order valence-electron chi connectivity index (χ3n) is 2.95. The van der Waals surface area contributed by atoms with Crippen molar-refractivity contribution < 1.29 is 14.6 Å². The van der Waals surface area contributed by atoms with Crippen LogP contribution in [0.25, 0.3) is 11.0 Å². The fraction of sp³-hybridized carbons (Fsp3) is 0.429. The van der Waals surface area contributed by atoms with Gasteiger partial charge in [0.15, 0.2) is 5.16 Å². The van der Waals surface area contributed by atoms with Crippen molar-refractivity contribution in [1.29, 1.82) is 0 Å². The molecule has 0 fully saturated rings. The number of carboxylic acids is 1. The fourth-order valence-electron chi connectivity index (χ4n) is 2.18. The van der Waals surface area contributed by atoms with E-state index in [0.717, 1.165) is 11.0 Å². The van der Waals surface area contributed by atoms with E-state index in [2.05, 4.69) is 11.9 Å². The monoisotopic (exact) mass is 328 g/mol. The molecule has 1 unspecified atom stereocenters. The number of para-hydroxylation sites is 1. The molecule has 0 aliphatic heterocycles. The molecule has 1 atom stereocenters. The third-order valence-corrected chi connectivity index (χ3v) is 4.22. The molecule has 21 heavy (non-hydrogen) atoms. The highest BCUT2D eigenvalue weighted by Gasteiger charge is 2.16. The molecule has 7 heteroatoms. The quantitative estimate of drug-likeness (QED) is 0.791. The Morgan fingerprint density at radius 3 is 3.00 bits per heavy atom. The standard InChI is InChI=1S/C14H17ClN2O3S/c1-9(7-20-2)6-17-13-10(15)4-3-5-11(13)16-14(17)21-8-12(18)19/h3-5,9H,6-8H2,1-2H3,(H,18,19). The normalized spacial score (nSPS) is 12.7. The number of aromatic nitrogens is 2. The molecule has 0 aliphatic carbocycles. The van der Waals surface area contributed by atoms with Crippen LogP contribution >= 0.6 is 23.4 Å². The summed E-state index contributed by atoms with van der Waals surface area (Å²) < 4.78 is 7.15. The molecule has 1 N–H and O–H groups in total. The van der Waals surface area contributed by atoms with Crippen molar-refractivity contribution in [3.63, 3.8) is 0 Å². The maximum Gasteiger partial charge on any atom is 0.313 e. The summed E-state index contributed by atoms with van der Waals surface area (Å²) in [6.07, 6.45) is 0. The number of rotatable bonds is 7. The summed E-state index contributed by atoms with van der Waals surface area (Å²) in [5, 5.41) is 10.1. The Morgan fingerprint density at radius 1 is 1.57 bits per heavy atom. The minimum atomic E-state index is -0.866. The van der Waals surface area contributed by atoms with Crippen molar-refractivity contribution in [3.8, 4) is 0 Å². The van der Waals surface area contributed by atoms with Crippen LogP contribution in [0.5, 0.6) is 0 Å². The molecule has 0 bridgehead atoms. The second-order valence-electron chi connectivity index (χ2n) is 4.86. The van der Waals surface area contributed by atoms with Gasteiger partial charge >= 0.3 is 5.97 Å². The molecule has 2 aromatic rings. The molecule has 114 valence electrons. The number of fused-ring (bicyclic) bond motifs is 1. The first kappa shape index (κ1) is 16.1. The summed E-state index contributed by atoms with van der Waals surface area (Å²) in [4.78, 5) is 15.3. The number of ether oxygens (including phenoxy) is 1. The fourth-order valence-corrected chi connectivity index (χ4v) is 3.18. The van der Waals surface area contributed by atoms with E-state index in [9.17, 15) is 4.79 Å². The first-order valence-corrected chi connectivity index (χ1v) is 7.87. The number of thioether (sulfide) groups is 1. The topological polar surface area (TPSA) is 64.3 Å². The average Bonchev–Trinajstić information content (AvgIpc) is 2.76. The number of aliphatic carboxylic acids is 1. The summed E-state index contributed by atoms with van der Waals surface area (Å²) in [6.45, 7) is 3.36. The molecular formula is C14H17ClN2O3S. The highest BCUT2D eigenvalue weighted by Crippen LogP contribution is 2.30. The second-order valence-corrected chi connectivity index (χ2v) is 6.21. The molecule has 1 aromatic carbocycles. The lowest BCUT2D eigenvalue weighted by atomic mass is 10.2. The van der Waals surface area contributed by atoms with Crippen molar-refractivity contribution in [3.05, 3.63) is 23.2 Å². The first-order chi connectivity index (χ1) is 10.0. The third kappa shape index (κ3) is 3.90. The number of benzene rings is 1. The SMILES string of the molecule is COCC(C)Cn1c(SCC(=O)O)nc2cccc(Cl)c21. The summed E-state index contributed by atoms with van der Waals surface area (Å²) in [7, 11) is 1.66. The summed E-state index contributed by atoms with van der Waals surface area (Å²) in [5.74, 6) is -0.623. The van der Waals surface area contributed by atoms with Crippen LogP contribution in [0.2, 0.25) is 5.02 Å². The number of halogens is 1.